The van der Waals surface area contributed by atoms with Crippen LogP contribution < -0.4 is 17.0 Å². The molecule has 1 heterocycles. The van der Waals surface area contributed by atoms with Crippen molar-refractivity contribution in [3.8, 4) is 0 Å². The summed E-state index contributed by atoms with van der Waals surface area (Å²) in [4.78, 5) is 23.2. The van der Waals surface area contributed by atoms with Gasteiger partial charge in [0.05, 0.1) is 5.41 Å². The third-order valence-corrected chi connectivity index (χ3v) is 2.57. The van der Waals surface area contributed by atoms with Crippen molar-refractivity contribution < 1.29 is 4.79 Å². The minimum Gasteiger partial charge on any atom is -0.300 e. The Hall–Kier alpha value is -1.56. The summed E-state index contributed by atoms with van der Waals surface area (Å²) in [5.41, 5.74) is 1.28. The van der Waals surface area contributed by atoms with Crippen LogP contribution in [0.3, 0.4) is 0 Å². The summed E-state index contributed by atoms with van der Waals surface area (Å²) >= 11 is 0. The number of nitrogens with two attached hydrogens (primary N) is 1. The van der Waals surface area contributed by atoms with Crippen LogP contribution in [0.15, 0.2) is 17.2 Å². The molecule has 0 unspecified atom stereocenters. The number of nitrogens with one attached hydrogen (secondary N) is 1. The van der Waals surface area contributed by atoms with E-state index in [0.717, 1.165) is 0 Å². The topological polar surface area (TPSA) is 82.1 Å². The number of rotatable bonds is 4. The van der Waals surface area contributed by atoms with Crippen LogP contribution >= 0.6 is 0 Å². The van der Waals surface area contributed by atoms with E-state index in [1.165, 1.54) is 4.57 Å². The Labute approximate surface area is 94.0 Å². The van der Waals surface area contributed by atoms with E-state index in [4.69, 9.17) is 5.84 Å². The minimum atomic E-state index is -0.710. The van der Waals surface area contributed by atoms with E-state index in [1.807, 2.05) is 6.92 Å². The molecule has 1 aromatic rings. The normalized spacial score (nSPS) is 11.5. The molecule has 16 heavy (non-hydrogen) atoms. The first-order valence-corrected chi connectivity index (χ1v) is 5.19. The van der Waals surface area contributed by atoms with Crippen LogP contribution in [0.2, 0.25) is 0 Å². The predicted octanol–water partition coefficient (Wildman–Crippen LogP) is -0.314. The van der Waals surface area contributed by atoms with Crippen LogP contribution in [-0.2, 0) is 17.9 Å². The molecule has 1 amide bonds. The van der Waals surface area contributed by atoms with E-state index < -0.39 is 5.41 Å². The van der Waals surface area contributed by atoms with Gasteiger partial charge in [-0.3, -0.25) is 19.4 Å². The second-order valence-electron chi connectivity index (χ2n) is 4.35. The summed E-state index contributed by atoms with van der Waals surface area (Å²) in [5.74, 6) is 4.80. The zero-order valence-electron chi connectivity index (χ0n) is 9.86. The smallest absolute Gasteiger partial charge is 0.300 e. The van der Waals surface area contributed by atoms with Crippen molar-refractivity contribution in [1.29, 1.82) is 0 Å². The number of carbonyl (C=O) groups is 1. The van der Waals surface area contributed by atoms with Gasteiger partial charge in [0.25, 0.3) is 0 Å². The number of imidazole rings is 1. The molecule has 0 saturated carbocycles. The highest BCUT2D eigenvalue weighted by Crippen LogP contribution is 2.16. The van der Waals surface area contributed by atoms with E-state index in [1.54, 1.807) is 30.8 Å². The van der Waals surface area contributed by atoms with Crippen molar-refractivity contribution >= 4 is 5.91 Å². The number of nitrogens with zero attached hydrogens (tertiary/aromatic N) is 2. The van der Waals surface area contributed by atoms with Crippen molar-refractivity contribution in [3.05, 3.63) is 22.9 Å². The summed E-state index contributed by atoms with van der Waals surface area (Å²) in [7, 11) is 0. The molecular weight excluding hydrogens is 208 g/mol. The molecule has 6 nitrogen and oxygen atoms in total. The zero-order valence-corrected chi connectivity index (χ0v) is 9.86. The minimum absolute atomic E-state index is 0.111. The molecule has 0 aliphatic carbocycles. The summed E-state index contributed by atoms with van der Waals surface area (Å²) in [6.07, 6.45) is 3.39. The van der Waals surface area contributed by atoms with Crippen LogP contribution in [0.25, 0.3) is 0 Å². The molecule has 1 aromatic heterocycles. The second kappa shape index (κ2) is 4.52. The number of hydrazine groups is 1. The Bertz CT molecular complexity index is 430. The predicted molar refractivity (Wildman–Crippen MR) is 60.5 cm³/mol. The van der Waals surface area contributed by atoms with Gasteiger partial charge < -0.3 is 0 Å². The van der Waals surface area contributed by atoms with Gasteiger partial charge in [-0.25, -0.2) is 10.6 Å². The third-order valence-electron chi connectivity index (χ3n) is 2.57. The Balaban J connectivity index is 2.92. The van der Waals surface area contributed by atoms with Gasteiger partial charge in [0.2, 0.25) is 5.91 Å². The fraction of sp³-hybridized carbons (Fsp3) is 0.600. The highest BCUT2D eigenvalue weighted by atomic mass is 16.2. The maximum absolute atomic E-state index is 11.8. The number of aromatic nitrogens is 2. The first-order valence-electron chi connectivity index (χ1n) is 5.19. The van der Waals surface area contributed by atoms with Gasteiger partial charge in [-0.2, -0.15) is 0 Å². The maximum atomic E-state index is 11.8. The Morgan fingerprint density at radius 3 is 2.44 bits per heavy atom. The van der Waals surface area contributed by atoms with E-state index in [-0.39, 0.29) is 11.6 Å². The number of hydrogen-bond acceptors (Lipinski definition) is 3. The molecule has 6 heteroatoms. The molecule has 0 aliphatic rings. The second-order valence-corrected chi connectivity index (χ2v) is 4.35. The van der Waals surface area contributed by atoms with Crippen molar-refractivity contribution in [3.63, 3.8) is 0 Å². The third kappa shape index (κ3) is 2.33. The summed E-state index contributed by atoms with van der Waals surface area (Å²) in [6, 6.07) is 0. The van der Waals surface area contributed by atoms with Gasteiger partial charge in [-0.05, 0) is 20.8 Å². The number of amides is 1. The lowest BCUT2D eigenvalue weighted by Crippen LogP contribution is -2.44. The van der Waals surface area contributed by atoms with E-state index in [9.17, 15) is 9.59 Å². The molecule has 1 rings (SSSR count). The van der Waals surface area contributed by atoms with Gasteiger partial charge in [0.15, 0.2) is 0 Å². The van der Waals surface area contributed by atoms with Crippen LogP contribution in [-0.4, -0.2) is 15.0 Å². The average Bonchev–Trinajstić information content (AvgIpc) is 2.58. The van der Waals surface area contributed by atoms with Gasteiger partial charge in [0.1, 0.15) is 0 Å². The molecule has 0 aliphatic heterocycles. The fourth-order valence-electron chi connectivity index (χ4n) is 1.51. The van der Waals surface area contributed by atoms with Crippen molar-refractivity contribution in [2.45, 2.75) is 33.9 Å². The molecule has 0 aromatic carbocycles. The molecule has 90 valence electrons. The molecule has 0 atom stereocenters. The SMILES string of the molecule is CCn1ccn(CC(C)(C)C(=O)NN)c1=O. The Morgan fingerprint density at radius 2 is 2.00 bits per heavy atom. The molecule has 3 N–H and O–H groups in total. The number of carbonyl (C=O) groups excluding carboxylic acids is 1. The van der Waals surface area contributed by atoms with Crippen LogP contribution in [0.5, 0.6) is 0 Å². The van der Waals surface area contributed by atoms with Crippen LogP contribution in [0.4, 0.5) is 0 Å². The van der Waals surface area contributed by atoms with Gasteiger partial charge >= 0.3 is 5.69 Å². The molecule has 0 radical (unpaired) electrons. The molecule has 0 fully saturated rings. The lowest BCUT2D eigenvalue weighted by atomic mass is 9.92. The Morgan fingerprint density at radius 1 is 1.44 bits per heavy atom. The summed E-state index contributed by atoms with van der Waals surface area (Å²) < 4.78 is 3.09. The fourth-order valence-corrected chi connectivity index (χ4v) is 1.51. The van der Waals surface area contributed by atoms with Crippen LogP contribution in [0, 0.1) is 5.41 Å². The lowest BCUT2D eigenvalue weighted by Gasteiger charge is -2.22. The summed E-state index contributed by atoms with van der Waals surface area (Å²) in [6.45, 7) is 6.30. The molecular formula is C10H18N4O2. The highest BCUT2D eigenvalue weighted by Gasteiger charge is 2.28. The van der Waals surface area contributed by atoms with E-state index >= 15 is 0 Å². The summed E-state index contributed by atoms with van der Waals surface area (Å²) in [5, 5.41) is 0. The van der Waals surface area contributed by atoms with Gasteiger partial charge in [-0.1, -0.05) is 0 Å². The maximum Gasteiger partial charge on any atom is 0.328 e. The lowest BCUT2D eigenvalue weighted by molar-refractivity contribution is -0.130. The quantitative estimate of drug-likeness (QED) is 0.419. The first kappa shape index (κ1) is 12.5. The molecule has 0 bridgehead atoms. The van der Waals surface area contributed by atoms with E-state index in [0.29, 0.717) is 13.1 Å². The van der Waals surface area contributed by atoms with Crippen molar-refractivity contribution in [1.82, 2.24) is 14.6 Å². The number of hydrogen-bond donors (Lipinski definition) is 2. The van der Waals surface area contributed by atoms with Crippen molar-refractivity contribution in [2.75, 3.05) is 0 Å². The highest BCUT2D eigenvalue weighted by molar-refractivity contribution is 5.81. The molecule has 0 saturated heterocycles. The first-order chi connectivity index (χ1) is 7.42. The number of aryl methyl sites for hydroxylation is 1. The average molecular weight is 226 g/mol. The van der Waals surface area contributed by atoms with Gasteiger partial charge in [-0.15, -0.1) is 0 Å². The standard InChI is InChI=1S/C10H18N4O2/c1-4-13-5-6-14(9(13)16)7-10(2,3)8(15)12-11/h5-6H,4,7,11H2,1-3H3,(H,12,15). The van der Waals surface area contributed by atoms with E-state index in [2.05, 4.69) is 5.43 Å². The zero-order chi connectivity index (χ0) is 12.3. The molecule has 0 spiro atoms. The monoisotopic (exact) mass is 226 g/mol. The van der Waals surface area contributed by atoms with Crippen molar-refractivity contribution in [2.24, 2.45) is 11.3 Å². The largest absolute Gasteiger partial charge is 0.328 e. The Kier molecular flexibility index (Phi) is 3.54. The van der Waals surface area contributed by atoms with Crippen LogP contribution in [0.1, 0.15) is 20.8 Å². The van der Waals surface area contributed by atoms with Gasteiger partial charge in [0, 0.05) is 25.5 Å².